The molecule has 0 aliphatic heterocycles. The Bertz CT molecular complexity index is 486. The van der Waals surface area contributed by atoms with Crippen molar-refractivity contribution in [1.29, 1.82) is 0 Å². The highest BCUT2D eigenvalue weighted by Gasteiger charge is 2.14. The Morgan fingerprint density at radius 1 is 1.24 bits per heavy atom. The van der Waals surface area contributed by atoms with E-state index in [4.69, 9.17) is 0 Å². The van der Waals surface area contributed by atoms with Crippen LogP contribution in [0.5, 0.6) is 0 Å². The van der Waals surface area contributed by atoms with E-state index in [0.717, 1.165) is 5.56 Å². The fourth-order valence-electron chi connectivity index (χ4n) is 2.00. The number of rotatable bonds is 7. The molecule has 6 heteroatoms. The van der Waals surface area contributed by atoms with Crippen molar-refractivity contribution in [2.45, 2.75) is 20.8 Å². The summed E-state index contributed by atoms with van der Waals surface area (Å²) in [6.07, 6.45) is 1.65. The fraction of sp³-hybridized carbons (Fsp3) is 0.533. The van der Waals surface area contributed by atoms with Gasteiger partial charge < -0.3 is 10.2 Å². The molecular formula is C15H24N4O2. The number of hydrogen-bond donors (Lipinski definition) is 1. The largest absolute Gasteiger partial charge is 0.342 e. The zero-order valence-electron chi connectivity index (χ0n) is 13.2. The summed E-state index contributed by atoms with van der Waals surface area (Å²) in [4.78, 5) is 31.4. The van der Waals surface area contributed by atoms with E-state index in [0.29, 0.717) is 18.9 Å². The smallest absolute Gasteiger partial charge is 0.239 e. The van der Waals surface area contributed by atoms with Crippen LogP contribution in [0.2, 0.25) is 0 Å². The molecule has 0 saturated heterocycles. The second-order valence-electron chi connectivity index (χ2n) is 5.00. The third-order valence-corrected chi connectivity index (χ3v) is 3.12. The van der Waals surface area contributed by atoms with E-state index in [1.807, 2.05) is 26.8 Å². The number of carbonyl (C=O) groups excluding carboxylic acids is 2. The van der Waals surface area contributed by atoms with Gasteiger partial charge in [0.05, 0.1) is 13.1 Å². The number of anilines is 1. The number of hydrogen-bond acceptors (Lipinski definition) is 4. The number of nitrogens with one attached hydrogen (secondary N) is 1. The van der Waals surface area contributed by atoms with Gasteiger partial charge >= 0.3 is 0 Å². The maximum atomic E-state index is 11.9. The predicted molar refractivity (Wildman–Crippen MR) is 83.0 cm³/mol. The summed E-state index contributed by atoms with van der Waals surface area (Å²) < 4.78 is 0. The van der Waals surface area contributed by atoms with Crippen LogP contribution in [0.3, 0.4) is 0 Å². The lowest BCUT2D eigenvalue weighted by Crippen LogP contribution is -2.41. The molecule has 116 valence electrons. The van der Waals surface area contributed by atoms with Gasteiger partial charge in [-0.2, -0.15) is 0 Å². The van der Waals surface area contributed by atoms with Crippen molar-refractivity contribution in [1.82, 2.24) is 14.8 Å². The molecule has 0 aromatic carbocycles. The highest BCUT2D eigenvalue weighted by Crippen LogP contribution is 2.05. The van der Waals surface area contributed by atoms with Crippen molar-refractivity contribution in [3.05, 3.63) is 23.9 Å². The number of likely N-dealkylation sites (N-methyl/N-ethyl adjacent to an activating group) is 2. The van der Waals surface area contributed by atoms with Gasteiger partial charge in [0.2, 0.25) is 11.8 Å². The Balaban J connectivity index is 2.45. The Morgan fingerprint density at radius 3 is 2.48 bits per heavy atom. The number of carbonyl (C=O) groups is 2. The van der Waals surface area contributed by atoms with E-state index >= 15 is 0 Å². The summed E-state index contributed by atoms with van der Waals surface area (Å²) in [7, 11) is 1.75. The van der Waals surface area contributed by atoms with Gasteiger partial charge in [0, 0.05) is 19.3 Å². The summed E-state index contributed by atoms with van der Waals surface area (Å²) in [5, 5.41) is 2.73. The molecule has 21 heavy (non-hydrogen) atoms. The van der Waals surface area contributed by atoms with Gasteiger partial charge in [0.1, 0.15) is 5.82 Å². The number of pyridine rings is 1. The van der Waals surface area contributed by atoms with E-state index < -0.39 is 0 Å². The van der Waals surface area contributed by atoms with Crippen LogP contribution in [0.15, 0.2) is 18.3 Å². The molecule has 0 aliphatic carbocycles. The lowest BCUT2D eigenvalue weighted by atomic mass is 10.3. The third-order valence-electron chi connectivity index (χ3n) is 3.12. The van der Waals surface area contributed by atoms with Crippen LogP contribution in [-0.4, -0.2) is 59.8 Å². The number of nitrogens with zero attached hydrogens (tertiary/aromatic N) is 3. The van der Waals surface area contributed by atoms with Crippen molar-refractivity contribution in [3.63, 3.8) is 0 Å². The Labute approximate surface area is 126 Å². The van der Waals surface area contributed by atoms with E-state index in [-0.39, 0.29) is 24.9 Å². The first-order chi connectivity index (χ1) is 9.96. The van der Waals surface area contributed by atoms with Crippen LogP contribution in [0.25, 0.3) is 0 Å². The monoisotopic (exact) mass is 292 g/mol. The molecule has 0 unspecified atom stereocenters. The van der Waals surface area contributed by atoms with Gasteiger partial charge in [-0.25, -0.2) is 4.98 Å². The van der Waals surface area contributed by atoms with Crippen LogP contribution < -0.4 is 5.32 Å². The minimum absolute atomic E-state index is 0.0315. The third kappa shape index (κ3) is 5.91. The average Bonchev–Trinajstić information content (AvgIpc) is 2.39. The summed E-state index contributed by atoms with van der Waals surface area (Å²) in [5.74, 6) is 0.385. The molecule has 0 radical (unpaired) electrons. The molecular weight excluding hydrogens is 268 g/mol. The SMILES string of the molecule is CCN(CC)C(=O)CN(C)CC(=O)Nc1cc(C)ccn1. The first-order valence-corrected chi connectivity index (χ1v) is 7.15. The first-order valence-electron chi connectivity index (χ1n) is 7.15. The second kappa shape index (κ2) is 8.36. The molecule has 0 bridgehead atoms. The Hall–Kier alpha value is -1.95. The van der Waals surface area contributed by atoms with E-state index in [9.17, 15) is 9.59 Å². The lowest BCUT2D eigenvalue weighted by Gasteiger charge is -2.22. The molecule has 0 atom stereocenters. The van der Waals surface area contributed by atoms with Gasteiger partial charge in [-0.15, -0.1) is 0 Å². The molecule has 1 N–H and O–H groups in total. The van der Waals surface area contributed by atoms with Crippen molar-refractivity contribution in [2.75, 3.05) is 38.5 Å². The number of aromatic nitrogens is 1. The van der Waals surface area contributed by atoms with Crippen LogP contribution in [-0.2, 0) is 9.59 Å². The number of amides is 2. The molecule has 1 aromatic rings. The zero-order chi connectivity index (χ0) is 15.8. The van der Waals surface area contributed by atoms with Crippen LogP contribution in [0.4, 0.5) is 5.82 Å². The summed E-state index contributed by atoms with van der Waals surface area (Å²) in [6, 6.07) is 3.67. The van der Waals surface area contributed by atoms with Crippen molar-refractivity contribution in [3.8, 4) is 0 Å². The minimum atomic E-state index is -0.178. The van der Waals surface area contributed by atoms with Crippen molar-refractivity contribution >= 4 is 17.6 Å². The van der Waals surface area contributed by atoms with Gasteiger partial charge in [-0.1, -0.05) is 0 Å². The highest BCUT2D eigenvalue weighted by atomic mass is 16.2. The topological polar surface area (TPSA) is 65.5 Å². The maximum Gasteiger partial charge on any atom is 0.239 e. The summed E-state index contributed by atoms with van der Waals surface area (Å²) in [5.41, 5.74) is 1.03. The maximum absolute atomic E-state index is 11.9. The fourth-order valence-corrected chi connectivity index (χ4v) is 2.00. The quantitative estimate of drug-likeness (QED) is 0.818. The van der Waals surface area contributed by atoms with Crippen LogP contribution in [0, 0.1) is 6.92 Å². The molecule has 1 aromatic heterocycles. The predicted octanol–water partition coefficient (Wildman–Crippen LogP) is 1.13. The van der Waals surface area contributed by atoms with E-state index in [1.165, 1.54) is 0 Å². The van der Waals surface area contributed by atoms with Crippen LogP contribution in [0.1, 0.15) is 19.4 Å². The molecule has 0 spiro atoms. The molecule has 0 saturated carbocycles. The Kier molecular flexibility index (Phi) is 6.81. The second-order valence-corrected chi connectivity index (χ2v) is 5.00. The van der Waals surface area contributed by atoms with Gasteiger partial charge in [-0.3, -0.25) is 14.5 Å². The standard InChI is InChI=1S/C15H24N4O2/c1-5-19(6-2)15(21)11-18(4)10-14(20)17-13-9-12(3)7-8-16-13/h7-9H,5-6,10-11H2,1-4H3,(H,16,17,20). The van der Waals surface area contributed by atoms with Gasteiger partial charge in [0.25, 0.3) is 0 Å². The minimum Gasteiger partial charge on any atom is -0.342 e. The normalized spacial score (nSPS) is 10.5. The number of aryl methyl sites for hydroxylation is 1. The Morgan fingerprint density at radius 2 is 1.90 bits per heavy atom. The average molecular weight is 292 g/mol. The molecule has 0 aliphatic rings. The first kappa shape index (κ1) is 17.1. The molecule has 1 rings (SSSR count). The zero-order valence-corrected chi connectivity index (χ0v) is 13.2. The van der Waals surface area contributed by atoms with Crippen molar-refractivity contribution < 1.29 is 9.59 Å². The highest BCUT2D eigenvalue weighted by molar-refractivity contribution is 5.91. The molecule has 1 heterocycles. The van der Waals surface area contributed by atoms with E-state index in [2.05, 4.69) is 10.3 Å². The van der Waals surface area contributed by atoms with Crippen molar-refractivity contribution in [2.24, 2.45) is 0 Å². The molecule has 2 amide bonds. The van der Waals surface area contributed by atoms with Crippen LogP contribution >= 0.6 is 0 Å². The van der Waals surface area contributed by atoms with Gasteiger partial charge in [-0.05, 0) is 45.5 Å². The summed E-state index contributed by atoms with van der Waals surface area (Å²) in [6.45, 7) is 7.57. The van der Waals surface area contributed by atoms with E-state index in [1.54, 1.807) is 29.1 Å². The summed E-state index contributed by atoms with van der Waals surface area (Å²) >= 11 is 0. The van der Waals surface area contributed by atoms with Gasteiger partial charge in [0.15, 0.2) is 0 Å². The lowest BCUT2D eigenvalue weighted by molar-refractivity contribution is -0.132. The molecule has 0 fully saturated rings. The molecule has 6 nitrogen and oxygen atoms in total.